The Kier molecular flexibility index (Phi) is 5.16. The van der Waals surface area contributed by atoms with Crippen molar-refractivity contribution in [1.29, 1.82) is 0 Å². The van der Waals surface area contributed by atoms with E-state index < -0.39 is 5.54 Å². The summed E-state index contributed by atoms with van der Waals surface area (Å²) in [7, 11) is 0. The van der Waals surface area contributed by atoms with Crippen molar-refractivity contribution < 1.29 is 19.1 Å². The summed E-state index contributed by atoms with van der Waals surface area (Å²) in [5, 5.41) is 5.50. The molecular formula is C28H28N2O4. The Labute approximate surface area is 198 Å². The Morgan fingerprint density at radius 2 is 1.76 bits per heavy atom. The number of nitrogens with zero attached hydrogens (tertiary/aromatic N) is 1. The van der Waals surface area contributed by atoms with Crippen molar-refractivity contribution in [1.82, 2.24) is 10.2 Å². The summed E-state index contributed by atoms with van der Waals surface area (Å²) < 4.78 is 11.0. The first-order valence-electron chi connectivity index (χ1n) is 12.1. The molecular weight excluding hydrogens is 428 g/mol. The zero-order chi connectivity index (χ0) is 23.1. The molecule has 2 fully saturated rings. The molecule has 34 heavy (non-hydrogen) atoms. The van der Waals surface area contributed by atoms with Crippen LogP contribution in [0.25, 0.3) is 10.8 Å². The molecule has 1 saturated carbocycles. The number of benzene rings is 3. The van der Waals surface area contributed by atoms with Gasteiger partial charge in [-0.05, 0) is 46.9 Å². The van der Waals surface area contributed by atoms with Crippen LogP contribution in [0.4, 0.5) is 0 Å². The highest BCUT2D eigenvalue weighted by molar-refractivity contribution is 5.95. The molecule has 174 valence electrons. The van der Waals surface area contributed by atoms with Crippen molar-refractivity contribution in [3.8, 4) is 11.5 Å². The number of rotatable bonds is 5. The molecule has 2 amide bonds. The molecule has 0 radical (unpaired) electrons. The summed E-state index contributed by atoms with van der Waals surface area (Å²) in [4.78, 5) is 28.7. The van der Waals surface area contributed by atoms with Crippen LogP contribution in [0.3, 0.4) is 0 Å². The van der Waals surface area contributed by atoms with Crippen molar-refractivity contribution in [3.63, 3.8) is 0 Å². The van der Waals surface area contributed by atoms with Crippen molar-refractivity contribution >= 4 is 22.6 Å². The average molecular weight is 457 g/mol. The van der Waals surface area contributed by atoms with Gasteiger partial charge in [-0.1, -0.05) is 67.8 Å². The summed E-state index contributed by atoms with van der Waals surface area (Å²) in [5.41, 5.74) is 1.27. The number of β-lactam (4-membered cyclic amide) rings is 1. The summed E-state index contributed by atoms with van der Waals surface area (Å²) >= 11 is 0. The van der Waals surface area contributed by atoms with Crippen LogP contribution in [0.2, 0.25) is 0 Å². The lowest BCUT2D eigenvalue weighted by Crippen LogP contribution is -2.66. The number of carbonyl (C=O) groups is 2. The second-order valence-electron chi connectivity index (χ2n) is 9.51. The Balaban J connectivity index is 1.28. The van der Waals surface area contributed by atoms with Gasteiger partial charge in [-0.15, -0.1) is 0 Å². The van der Waals surface area contributed by atoms with Crippen LogP contribution in [0.5, 0.6) is 11.5 Å². The van der Waals surface area contributed by atoms with Gasteiger partial charge in [0.2, 0.25) is 18.6 Å². The van der Waals surface area contributed by atoms with Crippen LogP contribution < -0.4 is 14.8 Å². The van der Waals surface area contributed by atoms with Crippen LogP contribution in [-0.4, -0.2) is 29.0 Å². The second-order valence-corrected chi connectivity index (χ2v) is 9.51. The molecule has 6 nitrogen and oxygen atoms in total. The largest absolute Gasteiger partial charge is 0.454 e. The third kappa shape index (κ3) is 3.40. The fraction of sp³-hybridized carbons (Fsp3) is 0.357. The lowest BCUT2D eigenvalue weighted by Gasteiger charge is -2.54. The Hall–Kier alpha value is -3.54. The summed E-state index contributed by atoms with van der Waals surface area (Å²) in [5.74, 6) is 1.43. The van der Waals surface area contributed by atoms with E-state index in [1.807, 2.05) is 41.3 Å². The molecule has 2 heterocycles. The van der Waals surface area contributed by atoms with Gasteiger partial charge in [0, 0.05) is 6.54 Å². The van der Waals surface area contributed by atoms with Crippen LogP contribution in [-0.2, 0) is 16.1 Å². The molecule has 2 aliphatic heterocycles. The maximum atomic E-state index is 13.8. The predicted molar refractivity (Wildman–Crippen MR) is 128 cm³/mol. The molecule has 6 heteroatoms. The molecule has 0 aromatic heterocycles. The normalized spacial score (nSPS) is 20.8. The monoisotopic (exact) mass is 456 g/mol. The van der Waals surface area contributed by atoms with Crippen LogP contribution in [0.15, 0.2) is 60.7 Å². The Morgan fingerprint density at radius 1 is 0.971 bits per heavy atom. The van der Waals surface area contributed by atoms with Crippen LogP contribution in [0, 0.1) is 0 Å². The fourth-order valence-electron chi connectivity index (χ4n) is 5.84. The van der Waals surface area contributed by atoms with E-state index in [9.17, 15) is 9.59 Å². The van der Waals surface area contributed by atoms with Gasteiger partial charge in [0.25, 0.3) is 0 Å². The number of carbonyl (C=O) groups excluding carboxylic acids is 2. The number of likely N-dealkylation sites (tertiary alicyclic amines) is 1. The van der Waals surface area contributed by atoms with Gasteiger partial charge in [-0.2, -0.15) is 0 Å². The molecule has 0 spiro atoms. The molecule has 1 atom stereocenters. The minimum Gasteiger partial charge on any atom is -0.454 e. The summed E-state index contributed by atoms with van der Waals surface area (Å²) in [6.45, 7) is 0.658. The predicted octanol–water partition coefficient (Wildman–Crippen LogP) is 4.86. The van der Waals surface area contributed by atoms with Crippen molar-refractivity contribution in [2.45, 2.75) is 56.7 Å². The molecule has 3 aliphatic rings. The first-order valence-corrected chi connectivity index (χ1v) is 12.1. The number of fused-ring (bicyclic) bond motifs is 2. The van der Waals surface area contributed by atoms with E-state index in [-0.39, 0.29) is 24.6 Å². The maximum absolute atomic E-state index is 13.8. The third-order valence-corrected chi connectivity index (χ3v) is 7.61. The van der Waals surface area contributed by atoms with Gasteiger partial charge < -0.3 is 19.7 Å². The third-order valence-electron chi connectivity index (χ3n) is 7.61. The van der Waals surface area contributed by atoms with Crippen molar-refractivity contribution in [3.05, 3.63) is 71.8 Å². The fourth-order valence-corrected chi connectivity index (χ4v) is 5.84. The zero-order valence-corrected chi connectivity index (χ0v) is 19.1. The lowest BCUT2D eigenvalue weighted by molar-refractivity contribution is -0.168. The van der Waals surface area contributed by atoms with Gasteiger partial charge in [-0.25, -0.2) is 0 Å². The summed E-state index contributed by atoms with van der Waals surface area (Å²) in [6.07, 6.45) is 4.79. The SMILES string of the molecule is O=C1CC(c2ccc3c(c2)OCO3)N1C1(C(=O)NCc2cccc3ccccc23)CCCCC1. The summed E-state index contributed by atoms with van der Waals surface area (Å²) in [6, 6.07) is 20.1. The second kappa shape index (κ2) is 8.35. The zero-order valence-electron chi connectivity index (χ0n) is 19.1. The molecule has 0 bridgehead atoms. The highest BCUT2D eigenvalue weighted by atomic mass is 16.7. The molecule has 1 saturated heterocycles. The molecule has 3 aromatic carbocycles. The van der Waals surface area contributed by atoms with Gasteiger partial charge in [0.1, 0.15) is 5.54 Å². The number of amides is 2. The molecule has 1 N–H and O–H groups in total. The van der Waals surface area contributed by atoms with E-state index in [2.05, 4.69) is 29.6 Å². The standard InChI is InChI=1S/C28H28N2O4/c31-26-16-23(20-11-12-24-25(15-20)34-18-33-24)30(26)28(13-4-1-5-14-28)27(32)29-17-21-9-6-8-19-7-2-3-10-22(19)21/h2-3,6-12,15,23H,1,4-5,13-14,16-18H2,(H,29,32). The highest BCUT2D eigenvalue weighted by Crippen LogP contribution is 2.48. The maximum Gasteiger partial charge on any atom is 0.246 e. The first kappa shape index (κ1) is 21.0. The lowest BCUT2D eigenvalue weighted by atomic mass is 9.74. The molecule has 3 aromatic rings. The minimum atomic E-state index is -0.806. The Morgan fingerprint density at radius 3 is 2.62 bits per heavy atom. The average Bonchev–Trinajstić information content (AvgIpc) is 3.34. The number of ether oxygens (including phenoxy) is 2. The van der Waals surface area contributed by atoms with Crippen LogP contribution >= 0.6 is 0 Å². The van der Waals surface area contributed by atoms with Crippen LogP contribution in [0.1, 0.15) is 55.7 Å². The number of nitrogens with one attached hydrogen (secondary N) is 1. The minimum absolute atomic E-state index is 0.0427. The molecule has 1 unspecified atom stereocenters. The van der Waals surface area contributed by atoms with E-state index in [0.29, 0.717) is 31.6 Å². The van der Waals surface area contributed by atoms with Gasteiger partial charge in [0.15, 0.2) is 11.5 Å². The topological polar surface area (TPSA) is 67.9 Å². The molecule has 1 aliphatic carbocycles. The van der Waals surface area contributed by atoms with E-state index in [4.69, 9.17) is 9.47 Å². The van der Waals surface area contributed by atoms with Crippen molar-refractivity contribution in [2.75, 3.05) is 6.79 Å². The highest BCUT2D eigenvalue weighted by Gasteiger charge is 2.54. The van der Waals surface area contributed by atoms with Gasteiger partial charge in [0.05, 0.1) is 12.5 Å². The van der Waals surface area contributed by atoms with E-state index in [0.717, 1.165) is 46.9 Å². The molecule has 6 rings (SSSR count). The number of hydrogen-bond donors (Lipinski definition) is 1. The number of hydrogen-bond acceptors (Lipinski definition) is 4. The van der Waals surface area contributed by atoms with Gasteiger partial charge in [-0.3, -0.25) is 9.59 Å². The Bertz CT molecular complexity index is 1260. The van der Waals surface area contributed by atoms with Crippen molar-refractivity contribution in [2.24, 2.45) is 0 Å². The smallest absolute Gasteiger partial charge is 0.246 e. The van der Waals surface area contributed by atoms with Gasteiger partial charge >= 0.3 is 0 Å². The quantitative estimate of drug-likeness (QED) is 0.557. The van der Waals surface area contributed by atoms with E-state index >= 15 is 0 Å². The van der Waals surface area contributed by atoms with E-state index in [1.54, 1.807) is 0 Å². The first-order chi connectivity index (χ1) is 16.7. The van der Waals surface area contributed by atoms with E-state index in [1.165, 1.54) is 0 Å².